The van der Waals surface area contributed by atoms with Gasteiger partial charge in [-0.2, -0.15) is 0 Å². The molecule has 0 heterocycles. The van der Waals surface area contributed by atoms with Crippen molar-refractivity contribution < 1.29 is 13.5 Å². The molecule has 0 aliphatic rings. The van der Waals surface area contributed by atoms with E-state index in [1.807, 2.05) is 6.92 Å². The number of hydrogen-bond acceptors (Lipinski definition) is 3. The third kappa shape index (κ3) is 5.55. The van der Waals surface area contributed by atoms with E-state index in [-0.39, 0.29) is 24.0 Å². The van der Waals surface area contributed by atoms with Gasteiger partial charge in [-0.05, 0) is 18.8 Å². The van der Waals surface area contributed by atoms with Gasteiger partial charge in [0.2, 0.25) is 0 Å². The van der Waals surface area contributed by atoms with Gasteiger partial charge in [-0.25, -0.2) is 8.42 Å². The second kappa shape index (κ2) is 5.54. The summed E-state index contributed by atoms with van der Waals surface area (Å²) in [4.78, 5) is 0. The maximum Gasteiger partial charge on any atom is 0.150 e. The lowest BCUT2D eigenvalue weighted by atomic mass is 10.1. The van der Waals surface area contributed by atoms with E-state index in [2.05, 4.69) is 0 Å². The molecule has 0 rings (SSSR count). The van der Waals surface area contributed by atoms with Crippen LogP contribution in [-0.2, 0) is 9.84 Å². The molecular formula is C8H18O3S. The van der Waals surface area contributed by atoms with Crippen molar-refractivity contribution in [2.75, 3.05) is 18.1 Å². The first kappa shape index (κ1) is 11.9. The zero-order chi connectivity index (χ0) is 9.61. The van der Waals surface area contributed by atoms with Crippen molar-refractivity contribution in [3.05, 3.63) is 0 Å². The first-order valence-corrected chi connectivity index (χ1v) is 6.15. The van der Waals surface area contributed by atoms with Crippen LogP contribution in [0.25, 0.3) is 0 Å². The van der Waals surface area contributed by atoms with Crippen LogP contribution in [-0.4, -0.2) is 31.6 Å². The Balaban J connectivity index is 3.57. The molecule has 1 N–H and O–H groups in total. The molecular weight excluding hydrogens is 176 g/mol. The van der Waals surface area contributed by atoms with Gasteiger partial charge in [0.25, 0.3) is 0 Å². The van der Waals surface area contributed by atoms with Crippen LogP contribution in [0, 0.1) is 5.92 Å². The summed E-state index contributed by atoms with van der Waals surface area (Å²) in [5.41, 5.74) is 0. The molecule has 0 amide bonds. The SMILES string of the molecule is CCS(=O)(=O)CCCC(C)CO. The molecule has 0 radical (unpaired) electrons. The average molecular weight is 194 g/mol. The molecule has 3 nitrogen and oxygen atoms in total. The third-order valence-corrected chi connectivity index (χ3v) is 3.69. The molecule has 0 aliphatic heterocycles. The highest BCUT2D eigenvalue weighted by molar-refractivity contribution is 7.91. The summed E-state index contributed by atoms with van der Waals surface area (Å²) >= 11 is 0. The van der Waals surface area contributed by atoms with E-state index in [4.69, 9.17) is 5.11 Å². The first-order chi connectivity index (χ1) is 5.52. The van der Waals surface area contributed by atoms with Gasteiger partial charge in [0.1, 0.15) is 9.84 Å². The molecule has 1 unspecified atom stereocenters. The highest BCUT2D eigenvalue weighted by atomic mass is 32.2. The van der Waals surface area contributed by atoms with Gasteiger partial charge in [0, 0.05) is 12.4 Å². The number of aliphatic hydroxyl groups is 1. The number of aliphatic hydroxyl groups excluding tert-OH is 1. The van der Waals surface area contributed by atoms with Gasteiger partial charge in [-0.1, -0.05) is 13.8 Å². The fourth-order valence-electron chi connectivity index (χ4n) is 0.887. The molecule has 0 aromatic rings. The molecule has 0 saturated heterocycles. The highest BCUT2D eigenvalue weighted by Gasteiger charge is 2.08. The maximum atomic E-state index is 11.0. The van der Waals surface area contributed by atoms with Crippen molar-refractivity contribution in [1.29, 1.82) is 0 Å². The van der Waals surface area contributed by atoms with Crippen LogP contribution >= 0.6 is 0 Å². The minimum absolute atomic E-state index is 0.145. The minimum Gasteiger partial charge on any atom is -0.396 e. The Morgan fingerprint density at radius 3 is 2.42 bits per heavy atom. The lowest BCUT2D eigenvalue weighted by Gasteiger charge is -2.06. The Hall–Kier alpha value is -0.0900. The van der Waals surface area contributed by atoms with Gasteiger partial charge in [0.05, 0.1) is 5.75 Å². The fourth-order valence-corrected chi connectivity index (χ4v) is 1.78. The highest BCUT2D eigenvalue weighted by Crippen LogP contribution is 2.05. The van der Waals surface area contributed by atoms with Crippen LogP contribution in [0.1, 0.15) is 26.7 Å². The fraction of sp³-hybridized carbons (Fsp3) is 1.00. The van der Waals surface area contributed by atoms with Crippen LogP contribution in [0.4, 0.5) is 0 Å². The third-order valence-electron chi connectivity index (χ3n) is 1.90. The molecule has 1 atom stereocenters. The Morgan fingerprint density at radius 1 is 1.42 bits per heavy atom. The predicted molar refractivity (Wildman–Crippen MR) is 49.8 cm³/mol. The lowest BCUT2D eigenvalue weighted by molar-refractivity contribution is 0.229. The second-order valence-corrected chi connectivity index (χ2v) is 5.64. The van der Waals surface area contributed by atoms with E-state index in [9.17, 15) is 8.42 Å². The molecule has 12 heavy (non-hydrogen) atoms. The van der Waals surface area contributed by atoms with Crippen molar-refractivity contribution in [3.8, 4) is 0 Å². The summed E-state index contributed by atoms with van der Waals surface area (Å²) in [5.74, 6) is 0.700. The molecule has 0 aromatic heterocycles. The number of hydrogen-bond donors (Lipinski definition) is 1. The predicted octanol–water partition coefficient (Wildman–Crippen LogP) is 0.830. The van der Waals surface area contributed by atoms with Crippen molar-refractivity contribution in [3.63, 3.8) is 0 Å². The summed E-state index contributed by atoms with van der Waals surface area (Å²) in [6.07, 6.45) is 1.45. The van der Waals surface area contributed by atoms with Crippen molar-refractivity contribution in [1.82, 2.24) is 0 Å². The van der Waals surface area contributed by atoms with Crippen LogP contribution in [0.15, 0.2) is 0 Å². The molecule has 4 heteroatoms. The number of sulfone groups is 1. The summed E-state index contributed by atoms with van der Waals surface area (Å²) in [5, 5.41) is 8.67. The topological polar surface area (TPSA) is 54.4 Å². The second-order valence-electron chi connectivity index (χ2n) is 3.17. The van der Waals surface area contributed by atoms with Crippen LogP contribution in [0.5, 0.6) is 0 Å². The lowest BCUT2D eigenvalue weighted by Crippen LogP contribution is -2.10. The summed E-state index contributed by atoms with van der Waals surface area (Å²) in [7, 11) is -2.81. The normalized spacial score (nSPS) is 14.6. The van der Waals surface area contributed by atoms with Crippen molar-refractivity contribution in [2.24, 2.45) is 5.92 Å². The van der Waals surface area contributed by atoms with E-state index in [0.717, 1.165) is 6.42 Å². The van der Waals surface area contributed by atoms with E-state index < -0.39 is 9.84 Å². The van der Waals surface area contributed by atoms with E-state index in [1.165, 1.54) is 0 Å². The van der Waals surface area contributed by atoms with Gasteiger partial charge in [0.15, 0.2) is 0 Å². The summed E-state index contributed by atoms with van der Waals surface area (Å²) in [6.45, 7) is 3.72. The van der Waals surface area contributed by atoms with Gasteiger partial charge in [-0.15, -0.1) is 0 Å². The van der Waals surface area contributed by atoms with Gasteiger partial charge < -0.3 is 5.11 Å². The molecule has 0 aliphatic carbocycles. The van der Waals surface area contributed by atoms with E-state index >= 15 is 0 Å². The zero-order valence-corrected chi connectivity index (χ0v) is 8.60. The smallest absolute Gasteiger partial charge is 0.150 e. The Kier molecular flexibility index (Phi) is 5.50. The molecule has 0 aromatic carbocycles. The van der Waals surface area contributed by atoms with Crippen molar-refractivity contribution >= 4 is 9.84 Å². The largest absolute Gasteiger partial charge is 0.396 e. The molecule has 0 saturated carbocycles. The van der Waals surface area contributed by atoms with E-state index in [0.29, 0.717) is 6.42 Å². The standard InChI is InChI=1S/C8H18O3S/c1-3-12(10,11)6-4-5-8(2)7-9/h8-9H,3-7H2,1-2H3. The van der Waals surface area contributed by atoms with Crippen molar-refractivity contribution in [2.45, 2.75) is 26.7 Å². The Labute approximate surface area is 74.7 Å². The van der Waals surface area contributed by atoms with Gasteiger partial charge >= 0.3 is 0 Å². The van der Waals surface area contributed by atoms with Crippen LogP contribution < -0.4 is 0 Å². The molecule has 0 fully saturated rings. The van der Waals surface area contributed by atoms with Crippen LogP contribution in [0.2, 0.25) is 0 Å². The summed E-state index contributed by atoms with van der Waals surface area (Å²) in [6, 6.07) is 0. The maximum absolute atomic E-state index is 11.0. The zero-order valence-electron chi connectivity index (χ0n) is 7.78. The molecule has 74 valence electrons. The molecule has 0 spiro atoms. The minimum atomic E-state index is -2.81. The summed E-state index contributed by atoms with van der Waals surface area (Å²) < 4.78 is 22.0. The Morgan fingerprint density at radius 2 is 2.00 bits per heavy atom. The van der Waals surface area contributed by atoms with E-state index in [1.54, 1.807) is 6.92 Å². The Bertz CT molecular complexity index is 196. The van der Waals surface area contributed by atoms with Crippen LogP contribution in [0.3, 0.4) is 0 Å². The monoisotopic (exact) mass is 194 g/mol. The number of rotatable bonds is 6. The molecule has 0 bridgehead atoms. The average Bonchev–Trinajstić information content (AvgIpc) is 2.04. The quantitative estimate of drug-likeness (QED) is 0.681. The van der Waals surface area contributed by atoms with Gasteiger partial charge in [-0.3, -0.25) is 0 Å². The first-order valence-electron chi connectivity index (χ1n) is 4.33.